The van der Waals surface area contributed by atoms with Gasteiger partial charge in [0.1, 0.15) is 0 Å². The molecule has 20 heavy (non-hydrogen) atoms. The summed E-state index contributed by atoms with van der Waals surface area (Å²) in [5.74, 6) is 2.01. The minimum absolute atomic E-state index is 0.0801. The summed E-state index contributed by atoms with van der Waals surface area (Å²) in [7, 11) is 0.0822. The van der Waals surface area contributed by atoms with E-state index in [1.807, 2.05) is 7.05 Å². The normalized spacial score (nSPS) is 12.8. The van der Waals surface area contributed by atoms with E-state index in [1.165, 1.54) is 11.8 Å². The molecule has 0 amide bonds. The number of hydrogen-bond donors (Lipinski definition) is 0. The van der Waals surface area contributed by atoms with Crippen LogP contribution in [-0.2, 0) is 28.6 Å². The van der Waals surface area contributed by atoms with Crippen molar-refractivity contribution in [1.82, 2.24) is 14.8 Å². The van der Waals surface area contributed by atoms with Gasteiger partial charge >= 0.3 is 0 Å². The van der Waals surface area contributed by atoms with Crippen molar-refractivity contribution >= 4 is 25.2 Å². The van der Waals surface area contributed by atoms with E-state index >= 15 is 0 Å². The molecule has 114 valence electrons. The first kappa shape index (κ1) is 17.4. The van der Waals surface area contributed by atoms with Crippen molar-refractivity contribution in [3.63, 3.8) is 0 Å². The molecular weight excluding hydrogens is 290 g/mol. The number of hydrogen-bond acceptors (Lipinski definition) is 5. The quantitative estimate of drug-likeness (QED) is 0.781. The number of carbonyl (C=O) groups excluding carboxylic acids is 1. The summed E-state index contributed by atoms with van der Waals surface area (Å²) in [5.41, 5.74) is 0. The molecule has 0 unspecified atom stereocenters. The summed E-state index contributed by atoms with van der Waals surface area (Å²) in [6, 6.07) is 0. The minimum Gasteiger partial charge on any atom is -0.409 e. The molecule has 0 radical (unpaired) electrons. The van der Waals surface area contributed by atoms with Crippen molar-refractivity contribution in [2.75, 3.05) is 0 Å². The molecule has 7 heteroatoms. The lowest BCUT2D eigenvalue weighted by Crippen LogP contribution is -2.40. The first-order valence-electron chi connectivity index (χ1n) is 6.69. The van der Waals surface area contributed by atoms with Crippen LogP contribution in [-0.4, -0.2) is 28.2 Å². The van der Waals surface area contributed by atoms with Crippen molar-refractivity contribution in [2.45, 2.75) is 58.2 Å². The van der Waals surface area contributed by atoms with E-state index in [1.54, 1.807) is 11.6 Å². The Balaban J connectivity index is 2.67. The van der Waals surface area contributed by atoms with Gasteiger partial charge in [0.2, 0.25) is 0 Å². The lowest BCUT2D eigenvalue weighted by Gasteiger charge is -2.35. The monoisotopic (exact) mass is 315 g/mol. The minimum atomic E-state index is -1.78. The van der Waals surface area contributed by atoms with Gasteiger partial charge in [-0.15, -0.1) is 0 Å². The van der Waals surface area contributed by atoms with E-state index in [4.69, 9.17) is 4.43 Å². The topological polar surface area (TPSA) is 57.0 Å². The summed E-state index contributed by atoms with van der Waals surface area (Å²) in [5, 5.41) is 4.57. The van der Waals surface area contributed by atoms with E-state index in [9.17, 15) is 4.79 Å². The molecule has 1 heterocycles. The van der Waals surface area contributed by atoms with Gasteiger partial charge < -0.3 is 4.43 Å². The van der Waals surface area contributed by atoms with Crippen LogP contribution in [0.15, 0.2) is 0 Å². The SMILES string of the molecule is CC(=O)SCc1nc(CO[Si](C)(C)C(C)(C)C)n(C)n1. The maximum Gasteiger partial charge on any atom is 0.192 e. The Morgan fingerprint density at radius 3 is 2.50 bits per heavy atom. The number of aryl methyl sites for hydroxylation is 1. The Bertz CT molecular complexity index is 480. The van der Waals surface area contributed by atoms with Crippen LogP contribution < -0.4 is 0 Å². The summed E-state index contributed by atoms with van der Waals surface area (Å²) in [4.78, 5) is 15.4. The molecule has 1 aromatic heterocycles. The van der Waals surface area contributed by atoms with Crippen LogP contribution >= 0.6 is 11.8 Å². The number of rotatable bonds is 5. The predicted molar refractivity (Wildman–Crippen MR) is 85.0 cm³/mol. The van der Waals surface area contributed by atoms with E-state index in [0.717, 1.165) is 5.82 Å². The summed E-state index contributed by atoms with van der Waals surface area (Å²) >= 11 is 1.22. The van der Waals surface area contributed by atoms with Crippen molar-refractivity contribution < 1.29 is 9.22 Å². The fourth-order valence-corrected chi connectivity index (χ4v) is 2.67. The van der Waals surface area contributed by atoms with Crippen LogP contribution in [0.1, 0.15) is 39.3 Å². The van der Waals surface area contributed by atoms with Gasteiger partial charge in [-0.2, -0.15) is 5.10 Å². The van der Waals surface area contributed by atoms with Gasteiger partial charge in [0.15, 0.2) is 25.1 Å². The van der Waals surface area contributed by atoms with Gasteiger partial charge in [-0.25, -0.2) is 4.98 Å². The van der Waals surface area contributed by atoms with Crippen molar-refractivity contribution in [2.24, 2.45) is 7.05 Å². The highest BCUT2D eigenvalue weighted by Gasteiger charge is 2.37. The molecule has 0 aliphatic carbocycles. The van der Waals surface area contributed by atoms with E-state index in [0.29, 0.717) is 18.2 Å². The molecule has 0 N–H and O–H groups in total. The Morgan fingerprint density at radius 1 is 1.40 bits per heavy atom. The average molecular weight is 316 g/mol. The van der Waals surface area contributed by atoms with Crippen molar-refractivity contribution in [3.05, 3.63) is 11.6 Å². The Morgan fingerprint density at radius 2 is 2.00 bits per heavy atom. The predicted octanol–water partition coefficient (Wildman–Crippen LogP) is 3.12. The van der Waals surface area contributed by atoms with Gasteiger partial charge in [0.05, 0.1) is 12.4 Å². The lowest BCUT2D eigenvalue weighted by molar-refractivity contribution is -0.109. The molecule has 0 bridgehead atoms. The standard InChI is InChI=1S/C13H25N3O2SSi/c1-10(17)19-9-11-14-12(16(5)15-11)8-18-20(6,7)13(2,3)4/h8-9H2,1-7H3. The highest BCUT2D eigenvalue weighted by atomic mass is 32.2. The van der Waals surface area contributed by atoms with E-state index in [-0.39, 0.29) is 10.2 Å². The van der Waals surface area contributed by atoms with Crippen LogP contribution in [0.2, 0.25) is 18.1 Å². The second-order valence-corrected chi connectivity index (χ2v) is 12.4. The number of aromatic nitrogens is 3. The van der Waals surface area contributed by atoms with Gasteiger partial charge in [-0.1, -0.05) is 32.5 Å². The number of nitrogens with zero attached hydrogens (tertiary/aromatic N) is 3. The molecular formula is C13H25N3O2SSi. The zero-order valence-corrected chi connectivity index (χ0v) is 15.3. The molecule has 0 aromatic carbocycles. The second kappa shape index (κ2) is 6.40. The molecule has 0 atom stereocenters. The summed E-state index contributed by atoms with van der Waals surface area (Å²) < 4.78 is 7.88. The maximum absolute atomic E-state index is 11.0. The highest BCUT2D eigenvalue weighted by Crippen LogP contribution is 2.36. The molecule has 0 saturated carbocycles. The van der Waals surface area contributed by atoms with Crippen LogP contribution in [0.25, 0.3) is 0 Å². The number of thioether (sulfide) groups is 1. The number of carbonyl (C=O) groups is 1. The van der Waals surface area contributed by atoms with Gasteiger partial charge in [-0.05, 0) is 18.1 Å². The maximum atomic E-state index is 11.0. The van der Waals surface area contributed by atoms with Gasteiger partial charge in [0, 0.05) is 14.0 Å². The third kappa shape index (κ3) is 4.71. The molecule has 0 aliphatic rings. The smallest absolute Gasteiger partial charge is 0.192 e. The van der Waals surface area contributed by atoms with Gasteiger partial charge in [0.25, 0.3) is 0 Å². The Labute approximate surface area is 126 Å². The molecule has 1 aromatic rings. The Hall–Kier alpha value is -0.663. The zero-order chi connectivity index (χ0) is 15.6. The first-order chi connectivity index (χ1) is 9.03. The second-order valence-electron chi connectivity index (χ2n) is 6.40. The Kier molecular flexibility index (Phi) is 5.57. The molecule has 0 spiro atoms. The molecule has 0 saturated heterocycles. The van der Waals surface area contributed by atoms with Gasteiger partial charge in [-0.3, -0.25) is 9.48 Å². The molecule has 0 aliphatic heterocycles. The molecule has 0 fully saturated rings. The van der Waals surface area contributed by atoms with Crippen LogP contribution in [0.4, 0.5) is 0 Å². The molecule has 1 rings (SSSR count). The fraction of sp³-hybridized carbons (Fsp3) is 0.769. The first-order valence-corrected chi connectivity index (χ1v) is 10.6. The fourth-order valence-electron chi connectivity index (χ4n) is 1.29. The largest absolute Gasteiger partial charge is 0.409 e. The highest BCUT2D eigenvalue weighted by molar-refractivity contribution is 8.12. The van der Waals surface area contributed by atoms with Crippen molar-refractivity contribution in [1.29, 1.82) is 0 Å². The third-order valence-corrected chi connectivity index (χ3v) is 8.96. The van der Waals surface area contributed by atoms with E-state index < -0.39 is 8.32 Å². The van der Waals surface area contributed by atoms with Crippen LogP contribution in [0.3, 0.4) is 0 Å². The van der Waals surface area contributed by atoms with E-state index in [2.05, 4.69) is 43.9 Å². The third-order valence-electron chi connectivity index (χ3n) is 3.67. The molecule has 5 nitrogen and oxygen atoms in total. The van der Waals surface area contributed by atoms with Crippen LogP contribution in [0.5, 0.6) is 0 Å². The lowest BCUT2D eigenvalue weighted by atomic mass is 10.2. The average Bonchev–Trinajstić information content (AvgIpc) is 2.63. The van der Waals surface area contributed by atoms with Crippen molar-refractivity contribution in [3.8, 4) is 0 Å². The summed E-state index contributed by atoms with van der Waals surface area (Å²) in [6.07, 6.45) is 0. The summed E-state index contributed by atoms with van der Waals surface area (Å²) in [6.45, 7) is 13.1. The van der Waals surface area contributed by atoms with Crippen LogP contribution in [0, 0.1) is 0 Å². The zero-order valence-electron chi connectivity index (χ0n) is 13.5.